The van der Waals surface area contributed by atoms with E-state index in [0.29, 0.717) is 5.16 Å². The lowest BCUT2D eigenvalue weighted by Crippen LogP contribution is -2.19. The lowest BCUT2D eigenvalue weighted by atomic mass is 10.2. The van der Waals surface area contributed by atoms with Crippen molar-refractivity contribution in [2.24, 2.45) is 5.10 Å². The Morgan fingerprint density at radius 1 is 1.31 bits per heavy atom. The third-order valence-corrected chi connectivity index (χ3v) is 4.21. The Morgan fingerprint density at radius 3 is 2.96 bits per heavy atom. The van der Waals surface area contributed by atoms with Crippen LogP contribution in [0.1, 0.15) is 19.4 Å². The molecule has 26 heavy (non-hydrogen) atoms. The molecule has 6 nitrogen and oxygen atoms in total. The second-order valence-corrected chi connectivity index (χ2v) is 6.84. The first-order valence-electron chi connectivity index (χ1n) is 8.26. The number of aromatic nitrogens is 2. The number of benzene rings is 2. The van der Waals surface area contributed by atoms with Crippen LogP contribution in [0.4, 0.5) is 0 Å². The van der Waals surface area contributed by atoms with Gasteiger partial charge in [0.1, 0.15) is 5.75 Å². The summed E-state index contributed by atoms with van der Waals surface area (Å²) in [6.45, 7) is 3.95. The van der Waals surface area contributed by atoms with Crippen LogP contribution >= 0.6 is 11.8 Å². The molecule has 0 aliphatic heterocycles. The smallest absolute Gasteiger partial charge is 0.250 e. The normalized spacial score (nSPS) is 11.3. The van der Waals surface area contributed by atoms with Gasteiger partial charge in [0, 0.05) is 0 Å². The van der Waals surface area contributed by atoms with Gasteiger partial charge in [0.2, 0.25) is 0 Å². The number of hydrazone groups is 1. The summed E-state index contributed by atoms with van der Waals surface area (Å²) in [7, 11) is 0. The second kappa shape index (κ2) is 8.53. The van der Waals surface area contributed by atoms with Gasteiger partial charge in [-0.1, -0.05) is 36.0 Å². The lowest BCUT2D eigenvalue weighted by molar-refractivity contribution is -0.118. The van der Waals surface area contributed by atoms with Crippen LogP contribution < -0.4 is 10.2 Å². The van der Waals surface area contributed by atoms with Gasteiger partial charge in [-0.3, -0.25) is 4.79 Å². The second-order valence-electron chi connectivity index (χ2n) is 5.88. The molecule has 3 rings (SSSR count). The van der Waals surface area contributed by atoms with E-state index >= 15 is 0 Å². The van der Waals surface area contributed by atoms with Crippen molar-refractivity contribution in [3.63, 3.8) is 0 Å². The van der Waals surface area contributed by atoms with Gasteiger partial charge in [0.25, 0.3) is 5.91 Å². The number of hydrogen-bond donors (Lipinski definition) is 2. The molecule has 0 radical (unpaired) electrons. The molecule has 0 spiro atoms. The molecule has 7 heteroatoms. The summed E-state index contributed by atoms with van der Waals surface area (Å²) < 4.78 is 5.63. The fourth-order valence-corrected chi connectivity index (χ4v) is 2.96. The molecular weight excluding hydrogens is 348 g/mol. The third kappa shape index (κ3) is 5.10. The minimum Gasteiger partial charge on any atom is -0.491 e. The largest absolute Gasteiger partial charge is 0.491 e. The quantitative estimate of drug-likeness (QED) is 0.379. The number of carbonyl (C=O) groups is 1. The Labute approximate surface area is 156 Å². The summed E-state index contributed by atoms with van der Waals surface area (Å²) in [5.74, 6) is 0.810. The molecule has 0 saturated carbocycles. The summed E-state index contributed by atoms with van der Waals surface area (Å²) in [6.07, 6.45) is 1.70. The average molecular weight is 368 g/mol. The maximum Gasteiger partial charge on any atom is 0.250 e. The number of thioether (sulfide) groups is 1. The molecule has 0 aliphatic rings. The number of hydrogen-bond acceptors (Lipinski definition) is 5. The fourth-order valence-electron chi connectivity index (χ4n) is 2.28. The van der Waals surface area contributed by atoms with Crippen LogP contribution in [0, 0.1) is 0 Å². The highest BCUT2D eigenvalue weighted by Crippen LogP contribution is 2.18. The van der Waals surface area contributed by atoms with Gasteiger partial charge in [-0.05, 0) is 43.7 Å². The van der Waals surface area contributed by atoms with Gasteiger partial charge in [-0.15, -0.1) is 0 Å². The molecule has 0 saturated heterocycles. The molecule has 0 bridgehead atoms. The van der Waals surface area contributed by atoms with E-state index in [1.807, 2.05) is 62.4 Å². The van der Waals surface area contributed by atoms with E-state index in [2.05, 4.69) is 20.5 Å². The van der Waals surface area contributed by atoms with Gasteiger partial charge in [0.05, 0.1) is 29.1 Å². The van der Waals surface area contributed by atoms with Crippen LogP contribution in [0.2, 0.25) is 0 Å². The summed E-state index contributed by atoms with van der Waals surface area (Å²) in [5.41, 5.74) is 5.22. The number of imidazole rings is 1. The zero-order chi connectivity index (χ0) is 18.4. The summed E-state index contributed by atoms with van der Waals surface area (Å²) in [4.78, 5) is 19.5. The Morgan fingerprint density at radius 2 is 2.15 bits per heavy atom. The number of nitrogens with zero attached hydrogens (tertiary/aromatic N) is 2. The molecule has 0 fully saturated rings. The molecule has 134 valence electrons. The van der Waals surface area contributed by atoms with Crippen molar-refractivity contribution < 1.29 is 9.53 Å². The Balaban J connectivity index is 1.49. The highest BCUT2D eigenvalue weighted by Gasteiger charge is 2.06. The SMILES string of the molecule is CC(C)Oc1cccc(/C=N/NC(=O)CSc2nc3ccccc3[nH]2)c1. The highest BCUT2D eigenvalue weighted by atomic mass is 32.2. The number of carbonyl (C=O) groups excluding carboxylic acids is 1. The molecule has 1 aromatic heterocycles. The van der Waals surface area contributed by atoms with E-state index in [-0.39, 0.29) is 17.8 Å². The van der Waals surface area contributed by atoms with Gasteiger partial charge < -0.3 is 9.72 Å². The first kappa shape index (κ1) is 18.0. The number of fused-ring (bicyclic) bond motifs is 1. The van der Waals surface area contributed by atoms with Gasteiger partial charge in [-0.25, -0.2) is 10.4 Å². The summed E-state index contributed by atoms with van der Waals surface area (Å²) >= 11 is 1.34. The van der Waals surface area contributed by atoms with Crippen LogP contribution in [0.3, 0.4) is 0 Å². The van der Waals surface area contributed by atoms with Crippen molar-refractivity contribution in [3.8, 4) is 5.75 Å². The monoisotopic (exact) mass is 368 g/mol. The van der Waals surface area contributed by atoms with Crippen LogP contribution in [0.15, 0.2) is 58.8 Å². The standard InChI is InChI=1S/C19H20N4O2S/c1-13(2)25-15-7-5-6-14(10-15)11-20-23-18(24)12-26-19-21-16-8-3-4-9-17(16)22-19/h3-11,13H,12H2,1-2H3,(H,21,22)(H,23,24)/b20-11+. The first-order valence-corrected chi connectivity index (χ1v) is 9.25. The molecule has 0 aliphatic carbocycles. The Kier molecular flexibility index (Phi) is 5.91. The van der Waals surface area contributed by atoms with Crippen molar-refractivity contribution in [1.29, 1.82) is 0 Å². The van der Waals surface area contributed by atoms with E-state index < -0.39 is 0 Å². The number of ether oxygens (including phenoxy) is 1. The van der Waals surface area contributed by atoms with Crippen molar-refractivity contribution >= 4 is 34.9 Å². The molecule has 2 N–H and O–H groups in total. The zero-order valence-electron chi connectivity index (χ0n) is 14.6. The van der Waals surface area contributed by atoms with E-state index in [1.54, 1.807) is 6.21 Å². The number of para-hydroxylation sites is 2. The minimum absolute atomic E-state index is 0.108. The number of rotatable bonds is 7. The van der Waals surface area contributed by atoms with E-state index in [9.17, 15) is 4.79 Å². The van der Waals surface area contributed by atoms with Crippen LogP contribution in [0.5, 0.6) is 5.75 Å². The predicted octanol–water partition coefficient (Wildman–Crippen LogP) is 3.59. The van der Waals surface area contributed by atoms with Gasteiger partial charge in [-0.2, -0.15) is 5.10 Å². The van der Waals surface area contributed by atoms with Crippen molar-refractivity contribution in [3.05, 3.63) is 54.1 Å². The number of amides is 1. The molecule has 1 heterocycles. The molecular formula is C19H20N4O2S. The Bertz CT molecular complexity index is 888. The zero-order valence-corrected chi connectivity index (χ0v) is 15.4. The molecule has 0 unspecified atom stereocenters. The van der Waals surface area contributed by atoms with Crippen molar-refractivity contribution in [2.75, 3.05) is 5.75 Å². The van der Waals surface area contributed by atoms with Crippen LogP contribution in [0.25, 0.3) is 11.0 Å². The summed E-state index contributed by atoms with van der Waals surface area (Å²) in [6, 6.07) is 15.3. The minimum atomic E-state index is -0.193. The fraction of sp³-hybridized carbons (Fsp3) is 0.211. The van der Waals surface area contributed by atoms with E-state index in [4.69, 9.17) is 4.74 Å². The lowest BCUT2D eigenvalue weighted by Gasteiger charge is -2.09. The average Bonchev–Trinajstić information content (AvgIpc) is 3.03. The first-order chi connectivity index (χ1) is 12.6. The molecule has 2 aromatic carbocycles. The van der Waals surface area contributed by atoms with Crippen LogP contribution in [-0.4, -0.2) is 33.9 Å². The van der Waals surface area contributed by atoms with Gasteiger partial charge in [0.15, 0.2) is 5.16 Å². The highest BCUT2D eigenvalue weighted by molar-refractivity contribution is 7.99. The number of H-pyrrole nitrogens is 1. The maximum absolute atomic E-state index is 11.9. The maximum atomic E-state index is 11.9. The molecule has 1 amide bonds. The topological polar surface area (TPSA) is 79.4 Å². The predicted molar refractivity (Wildman–Crippen MR) is 105 cm³/mol. The third-order valence-electron chi connectivity index (χ3n) is 3.34. The van der Waals surface area contributed by atoms with Crippen molar-refractivity contribution in [1.82, 2.24) is 15.4 Å². The Hall–Kier alpha value is -2.80. The van der Waals surface area contributed by atoms with Crippen LogP contribution in [-0.2, 0) is 4.79 Å². The van der Waals surface area contributed by atoms with E-state index in [0.717, 1.165) is 22.3 Å². The van der Waals surface area contributed by atoms with E-state index in [1.165, 1.54) is 11.8 Å². The molecule has 3 aromatic rings. The number of nitrogens with one attached hydrogen (secondary N) is 2. The summed E-state index contributed by atoms with van der Waals surface area (Å²) in [5, 5.41) is 4.70. The molecule has 0 atom stereocenters. The van der Waals surface area contributed by atoms with Crippen molar-refractivity contribution in [2.45, 2.75) is 25.1 Å². The van der Waals surface area contributed by atoms with Gasteiger partial charge >= 0.3 is 0 Å². The number of aromatic amines is 1.